The monoisotopic (exact) mass is 314 g/mol. The van der Waals surface area contributed by atoms with Crippen LogP contribution >= 0.6 is 0 Å². The highest BCUT2D eigenvalue weighted by molar-refractivity contribution is 6.04. The molecule has 1 amide bonds. The third kappa shape index (κ3) is 3.76. The Bertz CT molecular complexity index is 733. The van der Waals surface area contributed by atoms with Crippen LogP contribution in [0.2, 0.25) is 0 Å². The van der Waals surface area contributed by atoms with Gasteiger partial charge in [-0.1, -0.05) is 31.0 Å². The Morgan fingerprint density at radius 1 is 1.13 bits per heavy atom. The van der Waals surface area contributed by atoms with E-state index in [9.17, 15) is 9.59 Å². The molecule has 23 heavy (non-hydrogen) atoms. The van der Waals surface area contributed by atoms with E-state index in [4.69, 9.17) is 0 Å². The Morgan fingerprint density at radius 3 is 2.57 bits per heavy atom. The van der Waals surface area contributed by atoms with Gasteiger partial charge in [-0.3, -0.25) is 9.59 Å². The van der Waals surface area contributed by atoms with E-state index in [-0.39, 0.29) is 17.2 Å². The first-order chi connectivity index (χ1) is 11.3. The summed E-state index contributed by atoms with van der Waals surface area (Å²) in [5.74, 6) is -0.243. The molecule has 0 spiro atoms. The van der Waals surface area contributed by atoms with Gasteiger partial charge in [0.15, 0.2) is 5.69 Å². The molecule has 122 valence electrons. The van der Waals surface area contributed by atoms with Crippen molar-refractivity contribution < 1.29 is 4.79 Å². The van der Waals surface area contributed by atoms with Crippen LogP contribution in [0.4, 0.5) is 0 Å². The van der Waals surface area contributed by atoms with Crippen molar-refractivity contribution in [3.63, 3.8) is 0 Å². The number of hydrogen-bond donors (Lipinski definition) is 2. The first-order valence-electron chi connectivity index (χ1n) is 8.24. The molecule has 1 aromatic carbocycles. The second kappa shape index (κ2) is 7.37. The summed E-state index contributed by atoms with van der Waals surface area (Å²) >= 11 is 0. The van der Waals surface area contributed by atoms with Gasteiger partial charge < -0.3 is 10.2 Å². The van der Waals surface area contributed by atoms with Crippen molar-refractivity contribution in [2.75, 3.05) is 26.2 Å². The number of carbonyl (C=O) groups is 1. The van der Waals surface area contributed by atoms with Crippen molar-refractivity contribution in [1.29, 1.82) is 0 Å². The molecule has 1 aliphatic heterocycles. The number of aromatic nitrogens is 2. The van der Waals surface area contributed by atoms with Crippen molar-refractivity contribution in [3.8, 4) is 0 Å². The standard InChI is InChI=1S/C17H22N4O2/c22-16-14-8-4-3-7-13(14)15(19-20-16)17(23)18-9-12-21-10-5-1-2-6-11-21/h3-4,7-8H,1-2,5-6,9-12H2,(H,18,23)(H,20,22). The van der Waals surface area contributed by atoms with Crippen molar-refractivity contribution in [1.82, 2.24) is 20.4 Å². The fourth-order valence-electron chi connectivity index (χ4n) is 3.06. The number of rotatable bonds is 4. The van der Waals surface area contributed by atoms with E-state index < -0.39 is 0 Å². The maximum atomic E-state index is 12.4. The van der Waals surface area contributed by atoms with Crippen LogP contribution in [0.5, 0.6) is 0 Å². The highest BCUT2D eigenvalue weighted by Gasteiger charge is 2.14. The molecule has 1 fully saturated rings. The average Bonchev–Trinajstić information content (AvgIpc) is 2.84. The van der Waals surface area contributed by atoms with Crippen molar-refractivity contribution in [3.05, 3.63) is 40.3 Å². The molecule has 1 aliphatic rings. The molecule has 2 heterocycles. The summed E-state index contributed by atoms with van der Waals surface area (Å²) in [6, 6.07) is 7.03. The Kier molecular flexibility index (Phi) is 5.02. The predicted octanol–water partition coefficient (Wildman–Crippen LogP) is 1.53. The quantitative estimate of drug-likeness (QED) is 0.897. The molecule has 2 N–H and O–H groups in total. The number of fused-ring (bicyclic) bond motifs is 1. The highest BCUT2D eigenvalue weighted by atomic mass is 16.2. The van der Waals surface area contributed by atoms with Gasteiger partial charge in [0.05, 0.1) is 5.39 Å². The summed E-state index contributed by atoms with van der Waals surface area (Å²) < 4.78 is 0. The Morgan fingerprint density at radius 2 is 1.83 bits per heavy atom. The molecular weight excluding hydrogens is 292 g/mol. The zero-order valence-corrected chi connectivity index (χ0v) is 13.2. The first kappa shape index (κ1) is 15.7. The summed E-state index contributed by atoms with van der Waals surface area (Å²) in [5.41, 5.74) is -0.00205. The minimum Gasteiger partial charge on any atom is -0.349 e. The maximum Gasteiger partial charge on any atom is 0.272 e. The van der Waals surface area contributed by atoms with Crippen LogP contribution in [0.1, 0.15) is 36.2 Å². The third-order valence-corrected chi connectivity index (χ3v) is 4.32. The van der Waals surface area contributed by atoms with Gasteiger partial charge in [-0.2, -0.15) is 5.10 Å². The molecular formula is C17H22N4O2. The van der Waals surface area contributed by atoms with E-state index in [1.165, 1.54) is 25.7 Å². The van der Waals surface area contributed by atoms with Crippen LogP contribution in [-0.2, 0) is 0 Å². The topological polar surface area (TPSA) is 78.1 Å². The Hall–Kier alpha value is -2.21. The predicted molar refractivity (Wildman–Crippen MR) is 89.6 cm³/mol. The lowest BCUT2D eigenvalue weighted by molar-refractivity contribution is 0.0944. The maximum absolute atomic E-state index is 12.4. The van der Waals surface area contributed by atoms with Gasteiger partial charge in [0, 0.05) is 18.5 Å². The van der Waals surface area contributed by atoms with Gasteiger partial charge in [-0.25, -0.2) is 5.10 Å². The van der Waals surface area contributed by atoms with Gasteiger partial charge in [-0.15, -0.1) is 0 Å². The number of H-pyrrole nitrogens is 1. The van der Waals surface area contributed by atoms with Crippen molar-refractivity contribution in [2.24, 2.45) is 0 Å². The van der Waals surface area contributed by atoms with E-state index in [0.29, 0.717) is 17.3 Å². The van der Waals surface area contributed by atoms with Crippen molar-refractivity contribution in [2.45, 2.75) is 25.7 Å². The number of carbonyl (C=O) groups excluding carboxylic acids is 1. The summed E-state index contributed by atoms with van der Waals surface area (Å²) in [6.07, 6.45) is 5.08. The molecule has 1 saturated heterocycles. The van der Waals surface area contributed by atoms with Crippen LogP contribution in [0.25, 0.3) is 10.8 Å². The van der Waals surface area contributed by atoms with Crippen LogP contribution in [-0.4, -0.2) is 47.2 Å². The van der Waals surface area contributed by atoms with E-state index in [2.05, 4.69) is 20.4 Å². The fourth-order valence-corrected chi connectivity index (χ4v) is 3.06. The van der Waals surface area contributed by atoms with Crippen LogP contribution in [0.3, 0.4) is 0 Å². The van der Waals surface area contributed by atoms with Crippen LogP contribution in [0, 0.1) is 0 Å². The lowest BCUT2D eigenvalue weighted by Crippen LogP contribution is -2.36. The summed E-state index contributed by atoms with van der Waals surface area (Å²) in [4.78, 5) is 26.5. The van der Waals surface area contributed by atoms with Gasteiger partial charge in [0.1, 0.15) is 0 Å². The van der Waals surface area contributed by atoms with Gasteiger partial charge in [-0.05, 0) is 32.0 Å². The van der Waals surface area contributed by atoms with E-state index >= 15 is 0 Å². The normalized spacial score (nSPS) is 16.2. The average molecular weight is 314 g/mol. The fraction of sp³-hybridized carbons (Fsp3) is 0.471. The molecule has 0 aliphatic carbocycles. The molecule has 6 heteroatoms. The van der Waals surface area contributed by atoms with Gasteiger partial charge in [0.2, 0.25) is 0 Å². The lowest BCUT2D eigenvalue weighted by atomic mass is 10.1. The summed E-state index contributed by atoms with van der Waals surface area (Å²) in [6.45, 7) is 3.66. The molecule has 0 atom stereocenters. The van der Waals surface area contributed by atoms with Crippen LogP contribution < -0.4 is 10.9 Å². The minimum atomic E-state index is -0.276. The molecule has 6 nitrogen and oxygen atoms in total. The van der Waals surface area contributed by atoms with E-state index in [0.717, 1.165) is 19.6 Å². The zero-order valence-electron chi connectivity index (χ0n) is 13.2. The molecule has 1 aromatic heterocycles. The number of likely N-dealkylation sites (tertiary alicyclic amines) is 1. The van der Waals surface area contributed by atoms with E-state index in [1.54, 1.807) is 24.3 Å². The number of nitrogens with zero attached hydrogens (tertiary/aromatic N) is 2. The van der Waals surface area contributed by atoms with Gasteiger partial charge >= 0.3 is 0 Å². The molecule has 3 rings (SSSR count). The molecule has 2 aromatic rings. The number of nitrogens with one attached hydrogen (secondary N) is 2. The second-order valence-corrected chi connectivity index (χ2v) is 5.96. The lowest BCUT2D eigenvalue weighted by Gasteiger charge is -2.19. The Balaban J connectivity index is 1.64. The highest BCUT2D eigenvalue weighted by Crippen LogP contribution is 2.12. The molecule has 0 unspecified atom stereocenters. The third-order valence-electron chi connectivity index (χ3n) is 4.32. The Labute approximate surface area is 134 Å². The number of benzene rings is 1. The number of amides is 1. The SMILES string of the molecule is O=C(NCCN1CCCCCC1)c1n[nH]c(=O)c2ccccc12. The summed E-state index contributed by atoms with van der Waals surface area (Å²) in [5, 5.41) is 10.3. The summed E-state index contributed by atoms with van der Waals surface area (Å²) in [7, 11) is 0. The molecule has 0 radical (unpaired) electrons. The number of hydrogen-bond acceptors (Lipinski definition) is 4. The minimum absolute atomic E-state index is 0.243. The van der Waals surface area contributed by atoms with E-state index in [1.807, 2.05) is 0 Å². The van der Waals surface area contributed by atoms with Crippen molar-refractivity contribution >= 4 is 16.7 Å². The number of aromatic amines is 1. The van der Waals surface area contributed by atoms with Gasteiger partial charge in [0.25, 0.3) is 11.5 Å². The first-order valence-corrected chi connectivity index (χ1v) is 8.24. The molecule has 0 bridgehead atoms. The zero-order chi connectivity index (χ0) is 16.1. The second-order valence-electron chi connectivity index (χ2n) is 5.96. The smallest absolute Gasteiger partial charge is 0.272 e. The van der Waals surface area contributed by atoms with Crippen LogP contribution in [0.15, 0.2) is 29.1 Å². The molecule has 0 saturated carbocycles. The largest absolute Gasteiger partial charge is 0.349 e.